The first kappa shape index (κ1) is 13.5. The summed E-state index contributed by atoms with van der Waals surface area (Å²) >= 11 is 0. The van der Waals surface area contributed by atoms with Crippen LogP contribution < -0.4 is 0 Å². The fourth-order valence-corrected chi connectivity index (χ4v) is 1.75. The zero-order valence-electron chi connectivity index (χ0n) is 11.5. The van der Waals surface area contributed by atoms with Crippen molar-refractivity contribution < 1.29 is 4.39 Å². The zero-order chi connectivity index (χ0) is 13.9. The van der Waals surface area contributed by atoms with Gasteiger partial charge >= 0.3 is 0 Å². The molecule has 0 spiro atoms. The minimum absolute atomic E-state index is 0.159. The molecular formula is C17H18FN. The largest absolute Gasteiger partial charge is 0.256 e. The van der Waals surface area contributed by atoms with Crippen molar-refractivity contribution in [1.82, 2.24) is 0 Å². The summed E-state index contributed by atoms with van der Waals surface area (Å²) in [5.41, 5.74) is 3.25. The Morgan fingerprint density at radius 1 is 0.895 bits per heavy atom. The number of nitrogens with zero attached hydrogens (tertiary/aromatic N) is 1. The fraction of sp³-hybridized carbons (Fsp3) is 0.235. The second kappa shape index (κ2) is 5.35. The Morgan fingerprint density at radius 2 is 1.47 bits per heavy atom. The van der Waals surface area contributed by atoms with Crippen LogP contribution in [0.5, 0.6) is 0 Å². The molecule has 0 heterocycles. The van der Waals surface area contributed by atoms with Gasteiger partial charge in [-0.3, -0.25) is 4.99 Å². The van der Waals surface area contributed by atoms with Gasteiger partial charge in [-0.1, -0.05) is 45.0 Å². The molecule has 0 N–H and O–H groups in total. The molecule has 1 nitrogen and oxygen atoms in total. The van der Waals surface area contributed by atoms with Gasteiger partial charge in [0.05, 0.1) is 5.69 Å². The lowest BCUT2D eigenvalue weighted by Gasteiger charge is -2.18. The molecule has 0 atom stereocenters. The van der Waals surface area contributed by atoms with Gasteiger partial charge in [-0.25, -0.2) is 4.39 Å². The summed E-state index contributed by atoms with van der Waals surface area (Å²) in [6, 6.07) is 14.5. The first-order valence-electron chi connectivity index (χ1n) is 6.35. The van der Waals surface area contributed by atoms with Crippen molar-refractivity contribution in [3.05, 3.63) is 65.5 Å². The van der Waals surface area contributed by atoms with Crippen molar-refractivity contribution in [2.45, 2.75) is 26.2 Å². The van der Waals surface area contributed by atoms with Crippen LogP contribution in [-0.4, -0.2) is 6.21 Å². The van der Waals surface area contributed by atoms with Crippen LogP contribution in [-0.2, 0) is 5.41 Å². The highest BCUT2D eigenvalue weighted by Gasteiger charge is 2.12. The van der Waals surface area contributed by atoms with E-state index in [1.54, 1.807) is 18.3 Å². The van der Waals surface area contributed by atoms with E-state index in [1.807, 2.05) is 12.1 Å². The Bertz CT molecular complexity index is 560. The van der Waals surface area contributed by atoms with Gasteiger partial charge in [0, 0.05) is 6.21 Å². The summed E-state index contributed by atoms with van der Waals surface area (Å²) in [5, 5.41) is 0. The summed E-state index contributed by atoms with van der Waals surface area (Å²) in [6.07, 6.45) is 1.79. The Hall–Kier alpha value is -1.96. The Labute approximate surface area is 113 Å². The molecule has 0 aromatic heterocycles. The van der Waals surface area contributed by atoms with Gasteiger partial charge in [0.2, 0.25) is 0 Å². The van der Waals surface area contributed by atoms with E-state index in [-0.39, 0.29) is 11.2 Å². The molecule has 0 bridgehead atoms. The molecule has 0 fully saturated rings. The Kier molecular flexibility index (Phi) is 3.79. The Balaban J connectivity index is 2.13. The lowest BCUT2D eigenvalue weighted by Crippen LogP contribution is -2.10. The first-order chi connectivity index (χ1) is 8.95. The van der Waals surface area contributed by atoms with Crippen LogP contribution in [0, 0.1) is 5.82 Å². The van der Waals surface area contributed by atoms with E-state index in [1.165, 1.54) is 17.7 Å². The van der Waals surface area contributed by atoms with E-state index >= 15 is 0 Å². The van der Waals surface area contributed by atoms with Gasteiger partial charge in [0.15, 0.2) is 0 Å². The molecule has 19 heavy (non-hydrogen) atoms. The molecule has 2 rings (SSSR count). The first-order valence-corrected chi connectivity index (χ1v) is 6.35. The highest BCUT2D eigenvalue weighted by atomic mass is 19.1. The van der Waals surface area contributed by atoms with Crippen LogP contribution in [0.1, 0.15) is 31.9 Å². The van der Waals surface area contributed by atoms with Crippen LogP contribution in [0.25, 0.3) is 0 Å². The van der Waals surface area contributed by atoms with Crippen molar-refractivity contribution >= 4 is 11.9 Å². The van der Waals surface area contributed by atoms with Crippen molar-refractivity contribution in [3.63, 3.8) is 0 Å². The quantitative estimate of drug-likeness (QED) is 0.679. The number of aliphatic imine (C=N–C) groups is 1. The van der Waals surface area contributed by atoms with Gasteiger partial charge in [0.25, 0.3) is 0 Å². The van der Waals surface area contributed by atoms with Crippen LogP contribution in [0.2, 0.25) is 0 Å². The highest BCUT2D eigenvalue weighted by Crippen LogP contribution is 2.22. The van der Waals surface area contributed by atoms with Crippen molar-refractivity contribution in [1.29, 1.82) is 0 Å². The zero-order valence-corrected chi connectivity index (χ0v) is 11.5. The third-order valence-electron chi connectivity index (χ3n) is 2.97. The predicted octanol–water partition coefficient (Wildman–Crippen LogP) is 4.87. The summed E-state index contributed by atoms with van der Waals surface area (Å²) in [5.74, 6) is -0.242. The van der Waals surface area contributed by atoms with E-state index < -0.39 is 0 Å². The maximum Gasteiger partial charge on any atom is 0.123 e. The SMILES string of the molecule is CC(C)(C)c1ccc(C=Nc2ccc(F)cc2)cc1. The number of hydrogen-bond acceptors (Lipinski definition) is 1. The summed E-state index contributed by atoms with van der Waals surface area (Å²) in [6.45, 7) is 6.57. The molecule has 0 saturated heterocycles. The maximum atomic E-state index is 12.8. The van der Waals surface area contributed by atoms with Crippen molar-refractivity contribution in [3.8, 4) is 0 Å². The lowest BCUT2D eigenvalue weighted by molar-refractivity contribution is 0.590. The minimum Gasteiger partial charge on any atom is -0.256 e. The molecule has 0 unspecified atom stereocenters. The molecular weight excluding hydrogens is 237 g/mol. The lowest BCUT2D eigenvalue weighted by atomic mass is 9.87. The summed E-state index contributed by atoms with van der Waals surface area (Å²) in [7, 11) is 0. The van der Waals surface area contributed by atoms with Gasteiger partial charge in [-0.05, 0) is 40.8 Å². The van der Waals surface area contributed by atoms with Crippen LogP contribution in [0.4, 0.5) is 10.1 Å². The number of rotatable bonds is 2. The molecule has 2 aromatic carbocycles. The molecule has 0 aliphatic heterocycles. The molecule has 0 aliphatic rings. The topological polar surface area (TPSA) is 12.4 Å². The smallest absolute Gasteiger partial charge is 0.123 e. The average Bonchev–Trinajstić information content (AvgIpc) is 2.37. The molecule has 2 heteroatoms. The van der Waals surface area contributed by atoms with Gasteiger partial charge in [-0.2, -0.15) is 0 Å². The maximum absolute atomic E-state index is 12.8. The van der Waals surface area contributed by atoms with E-state index in [9.17, 15) is 4.39 Å². The van der Waals surface area contributed by atoms with E-state index in [0.29, 0.717) is 0 Å². The standard InChI is InChI=1S/C17H18FN/c1-17(2,3)14-6-4-13(5-7-14)12-19-16-10-8-15(18)9-11-16/h4-12H,1-3H3. The van der Waals surface area contributed by atoms with Crippen LogP contribution in [0.3, 0.4) is 0 Å². The fourth-order valence-electron chi connectivity index (χ4n) is 1.75. The van der Waals surface area contributed by atoms with E-state index in [2.05, 4.69) is 37.9 Å². The van der Waals surface area contributed by atoms with Crippen LogP contribution >= 0.6 is 0 Å². The summed E-state index contributed by atoms with van der Waals surface area (Å²) < 4.78 is 12.8. The van der Waals surface area contributed by atoms with Gasteiger partial charge in [-0.15, -0.1) is 0 Å². The molecule has 2 aromatic rings. The van der Waals surface area contributed by atoms with Crippen LogP contribution in [0.15, 0.2) is 53.5 Å². The van der Waals surface area contributed by atoms with Crippen molar-refractivity contribution in [2.24, 2.45) is 4.99 Å². The predicted molar refractivity (Wildman–Crippen MR) is 78.8 cm³/mol. The minimum atomic E-state index is -0.242. The van der Waals surface area contributed by atoms with E-state index in [0.717, 1.165) is 11.3 Å². The number of benzene rings is 2. The molecule has 0 aliphatic carbocycles. The second-order valence-electron chi connectivity index (χ2n) is 5.61. The monoisotopic (exact) mass is 255 g/mol. The highest BCUT2D eigenvalue weighted by molar-refractivity contribution is 5.81. The molecule has 0 radical (unpaired) electrons. The number of halogens is 1. The third kappa shape index (κ3) is 3.75. The third-order valence-corrected chi connectivity index (χ3v) is 2.97. The van der Waals surface area contributed by atoms with Gasteiger partial charge in [0.1, 0.15) is 5.82 Å². The normalized spacial score (nSPS) is 12.0. The van der Waals surface area contributed by atoms with Gasteiger partial charge < -0.3 is 0 Å². The molecule has 98 valence electrons. The van der Waals surface area contributed by atoms with E-state index in [4.69, 9.17) is 0 Å². The molecule has 0 amide bonds. The number of hydrogen-bond donors (Lipinski definition) is 0. The second-order valence-corrected chi connectivity index (χ2v) is 5.61. The summed E-state index contributed by atoms with van der Waals surface area (Å²) in [4.78, 5) is 4.32. The Morgan fingerprint density at radius 3 is 2.00 bits per heavy atom. The van der Waals surface area contributed by atoms with Crippen molar-refractivity contribution in [2.75, 3.05) is 0 Å². The molecule has 0 saturated carbocycles. The average molecular weight is 255 g/mol.